The molecule has 1 atom stereocenters. The first-order valence-corrected chi connectivity index (χ1v) is 13.5. The maximum absolute atomic E-state index is 13.5. The number of rotatable bonds is 11. The minimum atomic E-state index is -3.73. The van der Waals surface area contributed by atoms with Gasteiger partial charge in [-0.15, -0.1) is 0 Å². The van der Waals surface area contributed by atoms with Crippen LogP contribution in [-0.4, -0.2) is 50.5 Å². The zero-order valence-electron chi connectivity index (χ0n) is 21.1. The third-order valence-electron chi connectivity index (χ3n) is 5.93. The van der Waals surface area contributed by atoms with Gasteiger partial charge in [0.15, 0.2) is 0 Å². The van der Waals surface area contributed by atoms with Crippen molar-refractivity contribution in [2.24, 2.45) is 0 Å². The van der Waals surface area contributed by atoms with Crippen molar-refractivity contribution in [1.82, 2.24) is 10.2 Å². The summed E-state index contributed by atoms with van der Waals surface area (Å²) in [6, 6.07) is 12.2. The second kappa shape index (κ2) is 12.0. The second-order valence-corrected chi connectivity index (χ2v) is 10.8. The fraction of sp³-hybridized carbons (Fsp3) is 0.462. The van der Waals surface area contributed by atoms with Crippen molar-refractivity contribution in [3.05, 3.63) is 64.7 Å². The Bertz CT molecular complexity index is 1100. The molecule has 2 aromatic carbocycles. The maximum Gasteiger partial charge on any atom is 0.244 e. The van der Waals surface area contributed by atoms with Gasteiger partial charge in [0.25, 0.3) is 0 Å². The van der Waals surface area contributed by atoms with E-state index in [0.717, 1.165) is 45.7 Å². The molecule has 0 spiro atoms. The van der Waals surface area contributed by atoms with Crippen LogP contribution in [0.25, 0.3) is 0 Å². The van der Waals surface area contributed by atoms with Crippen LogP contribution in [-0.2, 0) is 26.2 Å². The quantitative estimate of drug-likeness (QED) is 0.490. The monoisotopic (exact) mass is 487 g/mol. The van der Waals surface area contributed by atoms with Crippen molar-refractivity contribution in [1.29, 1.82) is 0 Å². The molecule has 0 aliphatic carbocycles. The Balaban J connectivity index is 2.35. The molecule has 0 saturated carbocycles. The predicted octanol–water partition coefficient (Wildman–Crippen LogP) is 3.71. The Morgan fingerprint density at radius 1 is 1.00 bits per heavy atom. The number of nitrogens with zero attached hydrogens (tertiary/aromatic N) is 2. The van der Waals surface area contributed by atoms with Gasteiger partial charge < -0.3 is 10.2 Å². The van der Waals surface area contributed by atoms with Gasteiger partial charge in [0.05, 0.1) is 11.9 Å². The van der Waals surface area contributed by atoms with Crippen molar-refractivity contribution in [3.63, 3.8) is 0 Å². The molecule has 0 aliphatic heterocycles. The highest BCUT2D eigenvalue weighted by Gasteiger charge is 2.30. The van der Waals surface area contributed by atoms with E-state index in [1.54, 1.807) is 19.1 Å². The van der Waals surface area contributed by atoms with Gasteiger partial charge in [-0.1, -0.05) is 49.2 Å². The van der Waals surface area contributed by atoms with E-state index in [1.807, 2.05) is 58.0 Å². The van der Waals surface area contributed by atoms with Gasteiger partial charge in [-0.2, -0.15) is 0 Å². The second-order valence-electron chi connectivity index (χ2n) is 8.87. The smallest absolute Gasteiger partial charge is 0.244 e. The number of carbonyl (C=O) groups excluding carboxylic acids is 2. The molecular formula is C26H37N3O4S. The van der Waals surface area contributed by atoms with Crippen molar-refractivity contribution in [2.45, 2.75) is 60.0 Å². The predicted molar refractivity (Wildman–Crippen MR) is 137 cm³/mol. The van der Waals surface area contributed by atoms with Crippen LogP contribution in [0.1, 0.15) is 48.9 Å². The first-order chi connectivity index (χ1) is 15.9. The van der Waals surface area contributed by atoms with E-state index in [0.29, 0.717) is 12.2 Å². The fourth-order valence-electron chi connectivity index (χ4n) is 3.50. The lowest BCUT2D eigenvalue weighted by Crippen LogP contribution is -2.51. The molecule has 0 aromatic heterocycles. The number of hydrogen-bond donors (Lipinski definition) is 1. The molecule has 0 heterocycles. The van der Waals surface area contributed by atoms with E-state index in [-0.39, 0.29) is 19.0 Å². The summed E-state index contributed by atoms with van der Waals surface area (Å²) in [5.74, 6) is -0.701. The van der Waals surface area contributed by atoms with E-state index in [1.165, 1.54) is 4.90 Å². The molecular weight excluding hydrogens is 450 g/mol. The maximum atomic E-state index is 13.5. The summed E-state index contributed by atoms with van der Waals surface area (Å²) < 4.78 is 26.4. The van der Waals surface area contributed by atoms with Crippen LogP contribution >= 0.6 is 0 Å². The Kier molecular flexibility index (Phi) is 9.67. The summed E-state index contributed by atoms with van der Waals surface area (Å²) >= 11 is 0. The first-order valence-electron chi connectivity index (χ1n) is 11.6. The SMILES string of the molecule is CCCCNC(=O)[C@H](C)N(Cc1ccc(C)cc1)C(=O)CN(c1ccc(C)c(C)c1)S(C)(=O)=O. The molecule has 2 rings (SSSR count). The Morgan fingerprint density at radius 2 is 1.65 bits per heavy atom. The van der Waals surface area contributed by atoms with Gasteiger partial charge >= 0.3 is 0 Å². The summed E-state index contributed by atoms with van der Waals surface area (Å²) in [6.07, 6.45) is 2.87. The van der Waals surface area contributed by atoms with Crippen LogP contribution in [0, 0.1) is 20.8 Å². The summed E-state index contributed by atoms with van der Waals surface area (Å²) in [6.45, 7) is 9.87. The highest BCUT2D eigenvalue weighted by molar-refractivity contribution is 7.92. The van der Waals surface area contributed by atoms with Crippen LogP contribution in [0.4, 0.5) is 5.69 Å². The van der Waals surface area contributed by atoms with Gasteiger partial charge in [-0.3, -0.25) is 13.9 Å². The number of aryl methyl sites for hydroxylation is 3. The molecule has 2 amide bonds. The molecule has 0 radical (unpaired) electrons. The molecule has 0 aliphatic rings. The summed E-state index contributed by atoms with van der Waals surface area (Å²) in [7, 11) is -3.73. The summed E-state index contributed by atoms with van der Waals surface area (Å²) in [5, 5.41) is 2.88. The zero-order chi connectivity index (χ0) is 25.5. The third-order valence-corrected chi connectivity index (χ3v) is 7.07. The van der Waals surface area contributed by atoms with Crippen molar-refractivity contribution in [2.75, 3.05) is 23.7 Å². The van der Waals surface area contributed by atoms with E-state index in [2.05, 4.69) is 5.32 Å². The molecule has 7 nitrogen and oxygen atoms in total. The van der Waals surface area contributed by atoms with Crippen molar-refractivity contribution in [3.8, 4) is 0 Å². The number of unbranched alkanes of at least 4 members (excludes halogenated alkanes) is 1. The van der Waals surface area contributed by atoms with E-state index in [4.69, 9.17) is 0 Å². The average Bonchev–Trinajstić information content (AvgIpc) is 2.77. The number of anilines is 1. The fourth-order valence-corrected chi connectivity index (χ4v) is 4.34. The molecule has 0 bridgehead atoms. The van der Waals surface area contributed by atoms with Crippen LogP contribution in [0.15, 0.2) is 42.5 Å². The van der Waals surface area contributed by atoms with Crippen LogP contribution in [0.3, 0.4) is 0 Å². The van der Waals surface area contributed by atoms with E-state index in [9.17, 15) is 18.0 Å². The number of hydrogen-bond acceptors (Lipinski definition) is 4. The lowest BCUT2D eigenvalue weighted by molar-refractivity contribution is -0.139. The number of amides is 2. The van der Waals surface area contributed by atoms with Crippen molar-refractivity contribution < 1.29 is 18.0 Å². The lowest BCUT2D eigenvalue weighted by Gasteiger charge is -2.31. The van der Waals surface area contributed by atoms with Gasteiger partial charge in [0.2, 0.25) is 21.8 Å². The molecule has 1 N–H and O–H groups in total. The molecule has 0 fully saturated rings. The van der Waals surface area contributed by atoms with Gasteiger partial charge in [0, 0.05) is 13.1 Å². The Labute approximate surface area is 204 Å². The Hall–Kier alpha value is -2.87. The molecule has 8 heteroatoms. The van der Waals surface area contributed by atoms with E-state index < -0.39 is 22.0 Å². The minimum Gasteiger partial charge on any atom is -0.354 e. The molecule has 2 aromatic rings. The molecule has 0 saturated heterocycles. The van der Waals surface area contributed by atoms with Crippen LogP contribution < -0.4 is 9.62 Å². The lowest BCUT2D eigenvalue weighted by atomic mass is 10.1. The van der Waals surface area contributed by atoms with Gasteiger partial charge in [-0.25, -0.2) is 8.42 Å². The molecule has 186 valence electrons. The van der Waals surface area contributed by atoms with Crippen molar-refractivity contribution >= 4 is 27.5 Å². The summed E-state index contributed by atoms with van der Waals surface area (Å²) in [5.41, 5.74) is 4.34. The largest absolute Gasteiger partial charge is 0.354 e. The first kappa shape index (κ1) is 27.4. The molecule has 34 heavy (non-hydrogen) atoms. The Morgan fingerprint density at radius 3 is 2.21 bits per heavy atom. The average molecular weight is 488 g/mol. The highest BCUT2D eigenvalue weighted by atomic mass is 32.2. The number of sulfonamides is 1. The van der Waals surface area contributed by atoms with E-state index >= 15 is 0 Å². The standard InChI is InChI=1S/C26H37N3O4S/c1-7-8-15-27-26(31)22(5)28(17-23-12-9-19(2)10-13-23)25(30)18-29(34(6,32)33)24-14-11-20(3)21(4)16-24/h9-14,16,22H,7-8,15,17-18H2,1-6H3,(H,27,31)/t22-/m0/s1. The summed E-state index contributed by atoms with van der Waals surface area (Å²) in [4.78, 5) is 27.8. The minimum absolute atomic E-state index is 0.200. The topological polar surface area (TPSA) is 86.8 Å². The highest BCUT2D eigenvalue weighted by Crippen LogP contribution is 2.22. The van der Waals surface area contributed by atoms with Gasteiger partial charge in [0.1, 0.15) is 12.6 Å². The van der Waals surface area contributed by atoms with Crippen LogP contribution in [0.2, 0.25) is 0 Å². The third kappa shape index (κ3) is 7.58. The van der Waals surface area contributed by atoms with Crippen LogP contribution in [0.5, 0.6) is 0 Å². The number of nitrogens with one attached hydrogen (secondary N) is 1. The number of carbonyl (C=O) groups is 2. The number of benzene rings is 2. The molecule has 0 unspecified atom stereocenters. The van der Waals surface area contributed by atoms with Gasteiger partial charge in [-0.05, 0) is 62.9 Å². The normalized spacial score (nSPS) is 12.2. The zero-order valence-corrected chi connectivity index (χ0v) is 21.9.